The summed E-state index contributed by atoms with van der Waals surface area (Å²) in [6.45, 7) is 5.05. The SMILES string of the molecule is COc1cc(CO[C@@H]2CN(C(=O)c3ccccc3)CC(=O)N(C(C)C)C2)cc(OC)c1. The highest BCUT2D eigenvalue weighted by molar-refractivity contribution is 5.96. The fourth-order valence-electron chi connectivity index (χ4n) is 3.63. The Hall–Kier alpha value is -3.06. The van der Waals surface area contributed by atoms with E-state index in [1.807, 2.05) is 44.2 Å². The first-order valence-corrected chi connectivity index (χ1v) is 10.4. The number of amides is 2. The molecule has 7 heteroatoms. The van der Waals surface area contributed by atoms with Crippen LogP contribution in [0.15, 0.2) is 48.5 Å². The molecule has 0 saturated carbocycles. The van der Waals surface area contributed by atoms with E-state index >= 15 is 0 Å². The summed E-state index contributed by atoms with van der Waals surface area (Å²) >= 11 is 0. The number of rotatable bonds is 7. The number of nitrogens with zero attached hydrogens (tertiary/aromatic N) is 2. The van der Waals surface area contributed by atoms with Crippen LogP contribution >= 0.6 is 0 Å². The lowest BCUT2D eigenvalue weighted by Gasteiger charge is -2.27. The van der Waals surface area contributed by atoms with Crippen molar-refractivity contribution in [2.45, 2.75) is 32.6 Å². The van der Waals surface area contributed by atoms with E-state index in [-0.39, 0.29) is 30.5 Å². The second-order valence-corrected chi connectivity index (χ2v) is 7.85. The monoisotopic (exact) mass is 426 g/mol. The lowest BCUT2D eigenvalue weighted by Crippen LogP contribution is -2.42. The fourth-order valence-corrected chi connectivity index (χ4v) is 3.63. The number of methoxy groups -OCH3 is 2. The van der Waals surface area contributed by atoms with Crippen LogP contribution in [0.3, 0.4) is 0 Å². The van der Waals surface area contributed by atoms with Gasteiger partial charge < -0.3 is 24.0 Å². The molecule has 2 aromatic carbocycles. The molecular weight excluding hydrogens is 396 g/mol. The Balaban J connectivity index is 1.78. The smallest absolute Gasteiger partial charge is 0.254 e. The summed E-state index contributed by atoms with van der Waals surface area (Å²) < 4.78 is 16.8. The Bertz CT molecular complexity index is 878. The minimum atomic E-state index is -0.321. The summed E-state index contributed by atoms with van der Waals surface area (Å²) in [7, 11) is 3.20. The van der Waals surface area contributed by atoms with Crippen LogP contribution in [-0.4, -0.2) is 67.6 Å². The van der Waals surface area contributed by atoms with Crippen molar-refractivity contribution in [2.75, 3.05) is 33.9 Å². The molecule has 1 fully saturated rings. The Morgan fingerprint density at radius 2 is 1.68 bits per heavy atom. The molecule has 3 rings (SSSR count). The van der Waals surface area contributed by atoms with Gasteiger partial charge in [-0.25, -0.2) is 0 Å². The first-order valence-electron chi connectivity index (χ1n) is 10.4. The van der Waals surface area contributed by atoms with Crippen LogP contribution in [0.25, 0.3) is 0 Å². The van der Waals surface area contributed by atoms with Crippen molar-refractivity contribution < 1.29 is 23.8 Å². The first kappa shape index (κ1) is 22.6. The highest BCUT2D eigenvalue weighted by Crippen LogP contribution is 2.24. The van der Waals surface area contributed by atoms with Gasteiger partial charge in [-0.05, 0) is 43.7 Å². The molecule has 2 amide bonds. The molecule has 0 aromatic heterocycles. The highest BCUT2D eigenvalue weighted by Gasteiger charge is 2.32. The molecule has 2 aromatic rings. The second kappa shape index (κ2) is 10.3. The number of ether oxygens (including phenoxy) is 3. The number of hydrogen-bond acceptors (Lipinski definition) is 5. The molecule has 0 N–H and O–H groups in total. The average Bonchev–Trinajstić information content (AvgIpc) is 2.96. The molecule has 0 aliphatic carbocycles. The third-order valence-electron chi connectivity index (χ3n) is 5.30. The molecular formula is C24H30N2O5. The van der Waals surface area contributed by atoms with Crippen molar-refractivity contribution >= 4 is 11.8 Å². The average molecular weight is 427 g/mol. The standard InChI is InChI=1S/C24H30N2O5/c1-17(2)26-14-22(31-16-18-10-20(29-3)12-21(11-18)30-4)13-25(15-23(26)27)24(28)19-8-6-5-7-9-19/h5-12,17,22H,13-16H2,1-4H3/t22-/m1/s1. The molecule has 0 unspecified atom stereocenters. The Kier molecular flexibility index (Phi) is 7.52. The minimum absolute atomic E-state index is 0.0160. The fraction of sp³-hybridized carbons (Fsp3) is 0.417. The molecule has 166 valence electrons. The van der Waals surface area contributed by atoms with Gasteiger partial charge >= 0.3 is 0 Å². The summed E-state index contributed by atoms with van der Waals surface area (Å²) in [5.41, 5.74) is 1.45. The first-order chi connectivity index (χ1) is 14.9. The summed E-state index contributed by atoms with van der Waals surface area (Å²) in [5, 5.41) is 0. The van der Waals surface area contributed by atoms with Gasteiger partial charge in [0, 0.05) is 30.8 Å². The second-order valence-electron chi connectivity index (χ2n) is 7.85. The van der Waals surface area contributed by atoms with Crippen LogP contribution in [0.5, 0.6) is 11.5 Å². The quantitative estimate of drug-likeness (QED) is 0.681. The summed E-state index contributed by atoms with van der Waals surface area (Å²) in [5.74, 6) is 1.11. The zero-order chi connectivity index (χ0) is 22.4. The number of carbonyl (C=O) groups excluding carboxylic acids is 2. The van der Waals surface area contributed by atoms with Crippen molar-refractivity contribution in [2.24, 2.45) is 0 Å². The Morgan fingerprint density at radius 3 is 2.26 bits per heavy atom. The molecule has 7 nitrogen and oxygen atoms in total. The van der Waals surface area contributed by atoms with E-state index in [1.54, 1.807) is 42.2 Å². The maximum absolute atomic E-state index is 13.0. The van der Waals surface area contributed by atoms with Crippen LogP contribution in [0.4, 0.5) is 0 Å². The largest absolute Gasteiger partial charge is 0.497 e. The van der Waals surface area contributed by atoms with E-state index in [9.17, 15) is 9.59 Å². The Morgan fingerprint density at radius 1 is 1.03 bits per heavy atom. The summed E-state index contributed by atoms with van der Waals surface area (Å²) in [6.07, 6.45) is -0.321. The third kappa shape index (κ3) is 5.76. The van der Waals surface area contributed by atoms with Crippen molar-refractivity contribution in [1.82, 2.24) is 9.80 Å². The molecule has 1 aliphatic heterocycles. The normalized spacial score (nSPS) is 16.9. The summed E-state index contributed by atoms with van der Waals surface area (Å²) in [4.78, 5) is 29.2. The van der Waals surface area contributed by atoms with Crippen molar-refractivity contribution in [1.29, 1.82) is 0 Å². The van der Waals surface area contributed by atoms with Crippen LogP contribution in [0, 0.1) is 0 Å². The van der Waals surface area contributed by atoms with Gasteiger partial charge in [-0.3, -0.25) is 9.59 Å². The molecule has 1 atom stereocenters. The van der Waals surface area contributed by atoms with Gasteiger partial charge in [-0.15, -0.1) is 0 Å². The molecule has 31 heavy (non-hydrogen) atoms. The topological polar surface area (TPSA) is 68.3 Å². The Labute approximate surface area is 183 Å². The molecule has 1 heterocycles. The molecule has 1 aliphatic rings. The zero-order valence-electron chi connectivity index (χ0n) is 18.5. The lowest BCUT2D eigenvalue weighted by atomic mass is 10.2. The number of carbonyl (C=O) groups is 2. The predicted octanol–water partition coefficient (Wildman–Crippen LogP) is 2.98. The molecule has 0 spiro atoms. The van der Waals surface area contributed by atoms with Crippen LogP contribution < -0.4 is 9.47 Å². The van der Waals surface area contributed by atoms with E-state index in [0.717, 1.165) is 5.56 Å². The molecule has 0 bridgehead atoms. The maximum Gasteiger partial charge on any atom is 0.254 e. The highest BCUT2D eigenvalue weighted by atomic mass is 16.5. The van der Waals surface area contributed by atoms with E-state index in [2.05, 4.69) is 0 Å². The lowest BCUT2D eigenvalue weighted by molar-refractivity contribution is -0.133. The van der Waals surface area contributed by atoms with Crippen molar-refractivity contribution in [3.8, 4) is 11.5 Å². The number of benzene rings is 2. The summed E-state index contributed by atoms with van der Waals surface area (Å²) in [6, 6.07) is 14.6. The van der Waals surface area contributed by atoms with Crippen LogP contribution in [0.1, 0.15) is 29.8 Å². The maximum atomic E-state index is 13.0. The van der Waals surface area contributed by atoms with Crippen molar-refractivity contribution in [3.05, 3.63) is 59.7 Å². The van der Waals surface area contributed by atoms with Gasteiger partial charge in [-0.2, -0.15) is 0 Å². The van der Waals surface area contributed by atoms with Crippen molar-refractivity contribution in [3.63, 3.8) is 0 Å². The molecule has 1 saturated heterocycles. The van der Waals surface area contributed by atoms with Gasteiger partial charge in [0.2, 0.25) is 5.91 Å². The minimum Gasteiger partial charge on any atom is -0.497 e. The third-order valence-corrected chi connectivity index (χ3v) is 5.30. The van der Waals surface area contributed by atoms with Gasteiger partial charge in [0.25, 0.3) is 5.91 Å². The zero-order valence-corrected chi connectivity index (χ0v) is 18.5. The van der Waals surface area contributed by atoms with E-state index < -0.39 is 0 Å². The van der Waals surface area contributed by atoms with E-state index in [4.69, 9.17) is 14.2 Å². The van der Waals surface area contributed by atoms with Crippen LogP contribution in [0.2, 0.25) is 0 Å². The van der Waals surface area contributed by atoms with Gasteiger partial charge in [0.15, 0.2) is 0 Å². The van der Waals surface area contributed by atoms with E-state index in [0.29, 0.717) is 36.8 Å². The number of hydrogen-bond donors (Lipinski definition) is 0. The van der Waals surface area contributed by atoms with Crippen LogP contribution in [-0.2, 0) is 16.1 Å². The van der Waals surface area contributed by atoms with Gasteiger partial charge in [0.1, 0.15) is 18.0 Å². The van der Waals surface area contributed by atoms with Gasteiger partial charge in [-0.1, -0.05) is 18.2 Å². The van der Waals surface area contributed by atoms with E-state index in [1.165, 1.54) is 0 Å². The predicted molar refractivity (Wildman–Crippen MR) is 117 cm³/mol. The van der Waals surface area contributed by atoms with Gasteiger partial charge in [0.05, 0.1) is 26.9 Å². The molecule has 0 radical (unpaired) electrons.